The molecule has 4 rings (SSSR count). The highest BCUT2D eigenvalue weighted by Crippen LogP contribution is 2.67. The van der Waals surface area contributed by atoms with Crippen molar-refractivity contribution in [1.29, 1.82) is 0 Å². The first kappa shape index (κ1) is 19.5. The molecular formula is C23H36O4. The maximum absolute atomic E-state index is 11.6. The Bertz CT molecular complexity index is 651. The molecule has 0 aromatic carbocycles. The van der Waals surface area contributed by atoms with Crippen LogP contribution in [0.3, 0.4) is 0 Å². The number of hydrogen-bond donors (Lipinski definition) is 2. The summed E-state index contributed by atoms with van der Waals surface area (Å²) in [6.45, 7) is 4.60. The number of hydrogen-bond acceptors (Lipinski definition) is 4. The lowest BCUT2D eigenvalue weighted by Crippen LogP contribution is -2.59. The van der Waals surface area contributed by atoms with Crippen molar-refractivity contribution in [2.45, 2.75) is 70.5 Å². The second-order valence-corrected chi connectivity index (χ2v) is 9.83. The number of aliphatic hydroxyl groups is 2. The van der Waals surface area contributed by atoms with Gasteiger partial charge in [-0.25, -0.2) is 0 Å². The molecule has 7 atom stereocenters. The van der Waals surface area contributed by atoms with Crippen molar-refractivity contribution >= 4 is 0 Å². The minimum atomic E-state index is -0.924. The number of fused-ring (bicyclic) bond motifs is 5. The third kappa shape index (κ3) is 2.52. The summed E-state index contributed by atoms with van der Waals surface area (Å²) in [6.07, 6.45) is 11.4. The number of rotatable bonds is 4. The van der Waals surface area contributed by atoms with Gasteiger partial charge < -0.3 is 19.7 Å². The van der Waals surface area contributed by atoms with Crippen molar-refractivity contribution in [3.63, 3.8) is 0 Å². The Morgan fingerprint density at radius 2 is 1.89 bits per heavy atom. The number of allylic oxidation sites excluding steroid dienone is 4. The summed E-state index contributed by atoms with van der Waals surface area (Å²) in [4.78, 5) is 0. The van der Waals surface area contributed by atoms with Gasteiger partial charge in [0, 0.05) is 18.9 Å². The van der Waals surface area contributed by atoms with E-state index in [1.807, 2.05) is 0 Å². The van der Waals surface area contributed by atoms with Crippen LogP contribution in [-0.4, -0.2) is 42.7 Å². The summed E-state index contributed by atoms with van der Waals surface area (Å²) < 4.78 is 11.1. The third-order valence-corrected chi connectivity index (χ3v) is 9.19. The maximum atomic E-state index is 11.6. The van der Waals surface area contributed by atoms with Crippen LogP contribution in [0.2, 0.25) is 0 Å². The average Bonchev–Trinajstić information content (AvgIpc) is 2.94. The molecule has 2 N–H and O–H groups in total. The van der Waals surface area contributed by atoms with Crippen molar-refractivity contribution in [2.75, 3.05) is 20.8 Å². The Morgan fingerprint density at radius 1 is 1.15 bits per heavy atom. The van der Waals surface area contributed by atoms with Crippen LogP contribution in [0.25, 0.3) is 0 Å². The fourth-order valence-electron chi connectivity index (χ4n) is 7.46. The van der Waals surface area contributed by atoms with Crippen molar-refractivity contribution in [3.05, 3.63) is 23.5 Å². The number of aliphatic hydroxyl groups excluding tert-OH is 1. The summed E-state index contributed by atoms with van der Waals surface area (Å²) >= 11 is 0. The Kier molecular flexibility index (Phi) is 4.76. The van der Waals surface area contributed by atoms with Crippen LogP contribution in [-0.2, 0) is 9.47 Å². The molecule has 0 aromatic rings. The molecule has 4 aliphatic carbocycles. The van der Waals surface area contributed by atoms with Gasteiger partial charge in [-0.2, -0.15) is 0 Å². The van der Waals surface area contributed by atoms with Crippen LogP contribution in [0, 0.1) is 28.6 Å². The summed E-state index contributed by atoms with van der Waals surface area (Å²) in [5, 5.41) is 21.5. The van der Waals surface area contributed by atoms with E-state index < -0.39 is 11.7 Å². The zero-order chi connectivity index (χ0) is 19.4. The van der Waals surface area contributed by atoms with Gasteiger partial charge in [-0.3, -0.25) is 0 Å². The number of ether oxygens (including phenoxy) is 2. The molecule has 4 heteroatoms. The van der Waals surface area contributed by atoms with Crippen LogP contribution in [0.5, 0.6) is 0 Å². The normalized spacial score (nSPS) is 47.3. The minimum absolute atomic E-state index is 0.115. The molecule has 152 valence electrons. The highest BCUT2D eigenvalue weighted by atomic mass is 16.5. The van der Waals surface area contributed by atoms with Crippen LogP contribution in [0.1, 0.15) is 58.8 Å². The first-order chi connectivity index (χ1) is 12.8. The van der Waals surface area contributed by atoms with E-state index in [-0.39, 0.29) is 17.4 Å². The topological polar surface area (TPSA) is 58.9 Å². The molecule has 27 heavy (non-hydrogen) atoms. The molecule has 0 radical (unpaired) electrons. The van der Waals surface area contributed by atoms with Gasteiger partial charge in [-0.05, 0) is 73.3 Å². The Hall–Kier alpha value is -0.840. The molecule has 0 heterocycles. The monoisotopic (exact) mass is 376 g/mol. The molecular weight excluding hydrogens is 340 g/mol. The zero-order valence-corrected chi connectivity index (χ0v) is 17.3. The van der Waals surface area contributed by atoms with Crippen molar-refractivity contribution in [1.82, 2.24) is 0 Å². The summed E-state index contributed by atoms with van der Waals surface area (Å²) in [6, 6.07) is 0. The van der Waals surface area contributed by atoms with E-state index in [0.29, 0.717) is 17.8 Å². The maximum Gasteiger partial charge on any atom is 0.109 e. The molecule has 2 fully saturated rings. The summed E-state index contributed by atoms with van der Waals surface area (Å²) in [5.74, 6) is 2.88. The van der Waals surface area contributed by atoms with Crippen LogP contribution in [0.4, 0.5) is 0 Å². The van der Waals surface area contributed by atoms with Gasteiger partial charge in [-0.15, -0.1) is 0 Å². The van der Waals surface area contributed by atoms with Gasteiger partial charge in [0.25, 0.3) is 0 Å². The lowest BCUT2D eigenvalue weighted by molar-refractivity contribution is -0.190. The van der Waals surface area contributed by atoms with Crippen LogP contribution in [0.15, 0.2) is 23.5 Å². The molecule has 0 saturated heterocycles. The Labute approximate surface area is 163 Å². The quantitative estimate of drug-likeness (QED) is 0.783. The Morgan fingerprint density at radius 3 is 2.56 bits per heavy atom. The van der Waals surface area contributed by atoms with Crippen molar-refractivity contribution < 1.29 is 19.7 Å². The molecule has 0 bridgehead atoms. The van der Waals surface area contributed by atoms with Gasteiger partial charge in [0.2, 0.25) is 0 Å². The van der Waals surface area contributed by atoms with Crippen molar-refractivity contribution in [2.24, 2.45) is 28.6 Å². The van der Waals surface area contributed by atoms with E-state index in [2.05, 4.69) is 26.0 Å². The lowest BCUT2D eigenvalue weighted by Gasteiger charge is -2.58. The summed E-state index contributed by atoms with van der Waals surface area (Å²) in [5.41, 5.74) is 0.590. The predicted octanol–water partition coefficient (Wildman–Crippen LogP) is 3.83. The molecule has 0 aromatic heterocycles. The lowest BCUT2D eigenvalue weighted by atomic mass is 9.47. The van der Waals surface area contributed by atoms with Crippen LogP contribution < -0.4 is 0 Å². The summed E-state index contributed by atoms with van der Waals surface area (Å²) in [7, 11) is 3.39. The van der Waals surface area contributed by atoms with E-state index in [1.165, 1.54) is 5.57 Å². The number of methoxy groups -OCH3 is 2. The van der Waals surface area contributed by atoms with E-state index in [1.54, 1.807) is 14.2 Å². The third-order valence-electron chi connectivity index (χ3n) is 9.19. The molecule has 0 spiro atoms. The van der Waals surface area contributed by atoms with Gasteiger partial charge in [0.15, 0.2) is 0 Å². The standard InChI is InChI=1S/C23H36O4/c1-21-10-7-16(26-3)13-15(21)5-6-17-18(21)8-11-22(2)19(17)9-12-23(22,25)20(14-24)27-4/h5,13,17-20,24-25H,6-12,14H2,1-4H3/t17-,18+,19+,20?,21+,22+,23-/m1/s1. The van der Waals surface area contributed by atoms with Crippen molar-refractivity contribution in [3.8, 4) is 0 Å². The second kappa shape index (κ2) is 6.60. The van der Waals surface area contributed by atoms with Crippen LogP contribution >= 0.6 is 0 Å². The molecule has 4 aliphatic rings. The minimum Gasteiger partial charge on any atom is -0.501 e. The highest BCUT2D eigenvalue weighted by Gasteiger charge is 2.65. The highest BCUT2D eigenvalue weighted by molar-refractivity contribution is 5.36. The smallest absolute Gasteiger partial charge is 0.109 e. The SMILES string of the molecule is COC1=CC2=CC[C@@H]3[C@H](CC[C@@]4(C)[C@H]3CC[C@@]4(O)C(CO)OC)[C@@]2(C)CC1. The molecule has 2 saturated carbocycles. The van der Waals surface area contributed by atoms with Gasteiger partial charge in [-0.1, -0.05) is 19.9 Å². The predicted molar refractivity (Wildman–Crippen MR) is 105 cm³/mol. The van der Waals surface area contributed by atoms with Gasteiger partial charge in [0.05, 0.1) is 25.1 Å². The fraction of sp³-hybridized carbons (Fsp3) is 0.826. The van der Waals surface area contributed by atoms with E-state index in [0.717, 1.165) is 50.7 Å². The van der Waals surface area contributed by atoms with E-state index in [4.69, 9.17) is 9.47 Å². The molecule has 0 aliphatic heterocycles. The van der Waals surface area contributed by atoms with E-state index in [9.17, 15) is 10.2 Å². The van der Waals surface area contributed by atoms with Gasteiger partial charge in [0.1, 0.15) is 6.10 Å². The fourth-order valence-corrected chi connectivity index (χ4v) is 7.46. The molecule has 4 nitrogen and oxygen atoms in total. The van der Waals surface area contributed by atoms with E-state index >= 15 is 0 Å². The van der Waals surface area contributed by atoms with Gasteiger partial charge >= 0.3 is 0 Å². The Balaban J connectivity index is 1.67. The largest absolute Gasteiger partial charge is 0.501 e. The second-order valence-electron chi connectivity index (χ2n) is 9.83. The first-order valence-electron chi connectivity index (χ1n) is 10.7. The molecule has 1 unspecified atom stereocenters. The molecule has 0 amide bonds. The zero-order valence-electron chi connectivity index (χ0n) is 17.3. The first-order valence-corrected chi connectivity index (χ1v) is 10.7. The average molecular weight is 377 g/mol.